The number of fused-ring (bicyclic) bond motifs is 1. The van der Waals surface area contributed by atoms with E-state index in [9.17, 15) is 19.5 Å². The Morgan fingerprint density at radius 3 is 2.61 bits per heavy atom. The lowest BCUT2D eigenvalue weighted by Crippen LogP contribution is -2.33. The monoisotopic (exact) mass is 599 g/mol. The molecule has 0 aliphatic carbocycles. The van der Waals surface area contributed by atoms with Gasteiger partial charge in [-0.3, -0.25) is 14.5 Å². The van der Waals surface area contributed by atoms with E-state index in [4.69, 9.17) is 9.72 Å². The minimum atomic E-state index is -0.999. The van der Waals surface area contributed by atoms with Crippen molar-refractivity contribution in [1.82, 2.24) is 20.0 Å². The Morgan fingerprint density at radius 1 is 1.07 bits per heavy atom. The van der Waals surface area contributed by atoms with Crippen LogP contribution in [0.2, 0.25) is 0 Å². The predicted molar refractivity (Wildman–Crippen MR) is 169 cm³/mol. The summed E-state index contributed by atoms with van der Waals surface area (Å²) in [5.74, 6) is -0.203. The van der Waals surface area contributed by atoms with E-state index in [0.717, 1.165) is 48.3 Å². The summed E-state index contributed by atoms with van der Waals surface area (Å²) in [5.41, 5.74) is 5.93. The van der Waals surface area contributed by atoms with Gasteiger partial charge in [0, 0.05) is 31.0 Å². The molecule has 12 heteroatoms. The average Bonchev–Trinajstić information content (AvgIpc) is 3.35. The number of amides is 2. The molecule has 0 fully saturated rings. The Labute approximate surface area is 255 Å². The summed E-state index contributed by atoms with van der Waals surface area (Å²) in [5, 5.41) is 16.5. The number of aliphatic carboxylic acids is 1. The van der Waals surface area contributed by atoms with Crippen molar-refractivity contribution >= 4 is 46.7 Å². The lowest BCUT2D eigenvalue weighted by molar-refractivity contribution is -0.136. The SMILES string of the molecule is CCCCCCOC(=O)NN=Cc1ccc(NCc2nc3cc(C(=O)N(CCC(=O)O)c4ccccn4)ccc3n2C)cc1. The van der Waals surface area contributed by atoms with Crippen molar-refractivity contribution in [2.75, 3.05) is 23.4 Å². The summed E-state index contributed by atoms with van der Waals surface area (Å²) < 4.78 is 7.04. The van der Waals surface area contributed by atoms with E-state index in [1.807, 2.05) is 41.9 Å². The molecule has 2 amide bonds. The maximum absolute atomic E-state index is 13.4. The molecule has 0 saturated heterocycles. The second kappa shape index (κ2) is 15.8. The zero-order valence-electron chi connectivity index (χ0n) is 24.9. The maximum atomic E-state index is 13.4. The number of benzene rings is 2. The van der Waals surface area contributed by atoms with Crippen LogP contribution in [0, 0.1) is 0 Å². The standard InChI is InChI=1S/C32H37N7O5/c1-3-4-5-8-19-44-32(43)37-35-21-23-10-13-25(14-11-23)34-22-29-36-26-20-24(12-15-27(26)38(29)2)31(42)39(18-16-30(40)41)28-9-6-7-17-33-28/h6-7,9-15,17,20-21,34H,3-5,8,16,18-19,22H2,1-2H3,(H,37,43)(H,40,41). The van der Waals surface area contributed by atoms with Gasteiger partial charge in [0.25, 0.3) is 5.91 Å². The van der Waals surface area contributed by atoms with Gasteiger partial charge in [-0.2, -0.15) is 5.10 Å². The van der Waals surface area contributed by atoms with Crippen LogP contribution in [0.1, 0.15) is 60.8 Å². The molecule has 0 radical (unpaired) electrons. The van der Waals surface area contributed by atoms with Crippen LogP contribution < -0.4 is 15.6 Å². The number of unbranched alkanes of at least 4 members (excludes halogenated alkanes) is 3. The third-order valence-electron chi connectivity index (χ3n) is 6.90. The quantitative estimate of drug-likeness (QED) is 0.0941. The van der Waals surface area contributed by atoms with E-state index >= 15 is 0 Å². The summed E-state index contributed by atoms with van der Waals surface area (Å²) in [6, 6.07) is 17.9. The zero-order valence-corrected chi connectivity index (χ0v) is 24.9. The molecule has 4 rings (SSSR count). The second-order valence-electron chi connectivity index (χ2n) is 10.1. The summed E-state index contributed by atoms with van der Waals surface area (Å²) in [6.45, 7) is 2.94. The van der Waals surface area contributed by atoms with Crippen molar-refractivity contribution in [1.29, 1.82) is 0 Å². The average molecular weight is 600 g/mol. The topological polar surface area (TPSA) is 151 Å². The van der Waals surface area contributed by atoms with Gasteiger partial charge < -0.3 is 19.7 Å². The molecule has 0 unspecified atom stereocenters. The summed E-state index contributed by atoms with van der Waals surface area (Å²) in [6.07, 6.45) is 6.46. The first-order valence-electron chi connectivity index (χ1n) is 14.6. The fraction of sp³-hybridized carbons (Fsp3) is 0.312. The smallest absolute Gasteiger partial charge is 0.427 e. The number of anilines is 2. The molecule has 0 atom stereocenters. The number of nitrogens with one attached hydrogen (secondary N) is 2. The van der Waals surface area contributed by atoms with Gasteiger partial charge in [0.15, 0.2) is 0 Å². The summed E-state index contributed by atoms with van der Waals surface area (Å²) >= 11 is 0. The number of imidazole rings is 1. The molecular formula is C32H37N7O5. The first-order valence-corrected chi connectivity index (χ1v) is 14.6. The second-order valence-corrected chi connectivity index (χ2v) is 10.1. The van der Waals surface area contributed by atoms with Crippen molar-refractivity contribution in [2.45, 2.75) is 45.6 Å². The third kappa shape index (κ3) is 8.87. The molecular weight excluding hydrogens is 562 g/mol. The summed E-state index contributed by atoms with van der Waals surface area (Å²) in [4.78, 5) is 46.7. The van der Waals surface area contributed by atoms with Gasteiger partial charge in [-0.05, 0) is 54.4 Å². The van der Waals surface area contributed by atoms with Gasteiger partial charge in [0.2, 0.25) is 0 Å². The van der Waals surface area contributed by atoms with E-state index in [1.165, 1.54) is 4.90 Å². The zero-order chi connectivity index (χ0) is 31.3. The van der Waals surface area contributed by atoms with E-state index in [0.29, 0.717) is 30.0 Å². The van der Waals surface area contributed by atoms with Crippen molar-refractivity contribution in [3.05, 3.63) is 83.8 Å². The van der Waals surface area contributed by atoms with Crippen LogP contribution >= 0.6 is 0 Å². The van der Waals surface area contributed by atoms with Gasteiger partial charge in [0.1, 0.15) is 11.6 Å². The maximum Gasteiger partial charge on any atom is 0.427 e. The van der Waals surface area contributed by atoms with Gasteiger partial charge in [0.05, 0.1) is 36.8 Å². The number of aromatic nitrogens is 3. The van der Waals surface area contributed by atoms with Crippen LogP contribution in [-0.4, -0.2) is 57.0 Å². The number of carboxylic acids is 1. The Morgan fingerprint density at radius 2 is 1.89 bits per heavy atom. The highest BCUT2D eigenvalue weighted by molar-refractivity contribution is 6.07. The number of nitrogens with zero attached hydrogens (tertiary/aromatic N) is 5. The van der Waals surface area contributed by atoms with Crippen LogP contribution in [0.4, 0.5) is 16.3 Å². The Kier molecular flexibility index (Phi) is 11.4. The van der Waals surface area contributed by atoms with Crippen LogP contribution in [-0.2, 0) is 23.1 Å². The first kappa shape index (κ1) is 31.7. The summed E-state index contributed by atoms with van der Waals surface area (Å²) in [7, 11) is 1.91. The molecule has 4 aromatic rings. The number of hydrazone groups is 1. The Hall–Kier alpha value is -5.26. The third-order valence-corrected chi connectivity index (χ3v) is 6.90. The lowest BCUT2D eigenvalue weighted by Gasteiger charge is -2.21. The fourth-order valence-electron chi connectivity index (χ4n) is 4.49. The highest BCUT2D eigenvalue weighted by atomic mass is 16.5. The van der Waals surface area contributed by atoms with Gasteiger partial charge in [-0.15, -0.1) is 0 Å². The molecule has 44 heavy (non-hydrogen) atoms. The van der Waals surface area contributed by atoms with Crippen LogP contribution in [0.25, 0.3) is 11.0 Å². The number of hydrogen-bond acceptors (Lipinski definition) is 8. The number of rotatable bonds is 15. The predicted octanol–water partition coefficient (Wildman–Crippen LogP) is 5.34. The Balaban J connectivity index is 1.35. The molecule has 0 spiro atoms. The lowest BCUT2D eigenvalue weighted by atomic mass is 10.1. The van der Waals surface area contributed by atoms with Gasteiger partial charge in [-0.1, -0.05) is 44.4 Å². The van der Waals surface area contributed by atoms with Crippen LogP contribution in [0.5, 0.6) is 0 Å². The minimum Gasteiger partial charge on any atom is -0.481 e. The van der Waals surface area contributed by atoms with Crippen molar-refractivity contribution in [3.8, 4) is 0 Å². The van der Waals surface area contributed by atoms with Crippen LogP contribution in [0.3, 0.4) is 0 Å². The highest BCUT2D eigenvalue weighted by Crippen LogP contribution is 2.21. The molecule has 12 nitrogen and oxygen atoms in total. The molecule has 0 bridgehead atoms. The molecule has 2 aromatic carbocycles. The molecule has 3 N–H and O–H groups in total. The number of carboxylic acid groups (broad SMARTS) is 1. The van der Waals surface area contributed by atoms with E-state index < -0.39 is 12.1 Å². The highest BCUT2D eigenvalue weighted by Gasteiger charge is 2.21. The largest absolute Gasteiger partial charge is 0.481 e. The first-order chi connectivity index (χ1) is 21.4. The molecule has 0 aliphatic rings. The van der Waals surface area contributed by atoms with Crippen molar-refractivity contribution in [2.24, 2.45) is 12.1 Å². The normalized spacial score (nSPS) is 11.0. The molecule has 2 heterocycles. The van der Waals surface area contributed by atoms with Crippen molar-refractivity contribution in [3.63, 3.8) is 0 Å². The molecule has 230 valence electrons. The van der Waals surface area contributed by atoms with Crippen LogP contribution in [0.15, 0.2) is 72.0 Å². The molecule has 0 saturated carbocycles. The molecule has 2 aromatic heterocycles. The Bertz CT molecular complexity index is 1590. The number of ether oxygens (including phenoxy) is 1. The number of carbonyl (C=O) groups is 3. The van der Waals surface area contributed by atoms with E-state index in [1.54, 1.807) is 42.7 Å². The minimum absolute atomic E-state index is 0.00645. The van der Waals surface area contributed by atoms with Gasteiger partial charge in [-0.25, -0.2) is 20.2 Å². The van der Waals surface area contributed by atoms with Gasteiger partial charge >= 0.3 is 12.1 Å². The number of aryl methyl sites for hydroxylation is 1. The number of carbonyl (C=O) groups excluding carboxylic acids is 2. The van der Waals surface area contributed by atoms with Crippen molar-refractivity contribution < 1.29 is 24.2 Å². The van der Waals surface area contributed by atoms with E-state index in [-0.39, 0.29) is 18.9 Å². The van der Waals surface area contributed by atoms with E-state index in [2.05, 4.69) is 27.8 Å². The fourth-order valence-corrected chi connectivity index (χ4v) is 4.49. The molecule has 0 aliphatic heterocycles. The number of hydrogen-bond donors (Lipinski definition) is 3. The number of pyridine rings is 1.